The molecule has 1 atom stereocenters. The number of para-hydroxylation sites is 1. The van der Waals surface area contributed by atoms with Gasteiger partial charge >= 0.3 is 6.36 Å². The van der Waals surface area contributed by atoms with Gasteiger partial charge in [-0.1, -0.05) is 50.3 Å². The Hall–Kier alpha value is -3.69. The van der Waals surface area contributed by atoms with Crippen LogP contribution in [0.5, 0.6) is 5.75 Å². The van der Waals surface area contributed by atoms with E-state index in [0.29, 0.717) is 30.2 Å². The Labute approximate surface area is 212 Å². The lowest BCUT2D eigenvalue weighted by Crippen LogP contribution is -2.48. The van der Waals surface area contributed by atoms with Crippen LogP contribution in [0.1, 0.15) is 49.1 Å². The standard InChI is InChI=1S/C27H30F3N3O4/c28-27(29,30)37-21-12-10-20(11-13-21)31-14-15-32-25(34)22(16-18-6-2-1-3-7-18)33-26(35)24-17-19-8-4-5-9-23(19)36-24/h4-5,8-13,17-18,22,31H,1-3,6-7,14-16H2,(H,32,34)(H,33,35)/t22-/m0/s1. The summed E-state index contributed by atoms with van der Waals surface area (Å²) < 4.78 is 46.4. The van der Waals surface area contributed by atoms with E-state index < -0.39 is 18.3 Å². The first kappa shape index (κ1) is 26.4. The Morgan fingerprint density at radius 3 is 2.43 bits per heavy atom. The average molecular weight is 518 g/mol. The molecule has 0 bridgehead atoms. The SMILES string of the molecule is O=C(N[C@@H](CC1CCCCC1)C(=O)NCCNc1ccc(OC(F)(F)F)cc1)c1cc2ccccc2o1. The van der Waals surface area contributed by atoms with Gasteiger partial charge in [-0.25, -0.2) is 0 Å². The Kier molecular flexibility index (Phi) is 8.58. The molecule has 0 spiro atoms. The number of amides is 2. The van der Waals surface area contributed by atoms with E-state index in [1.807, 2.05) is 18.2 Å². The number of nitrogens with one attached hydrogen (secondary N) is 3. The van der Waals surface area contributed by atoms with Gasteiger partial charge in [-0.3, -0.25) is 9.59 Å². The van der Waals surface area contributed by atoms with E-state index in [4.69, 9.17) is 4.42 Å². The lowest BCUT2D eigenvalue weighted by molar-refractivity contribution is -0.274. The molecular formula is C27H30F3N3O4. The Bertz CT molecular complexity index is 1150. The van der Waals surface area contributed by atoms with E-state index in [-0.39, 0.29) is 24.0 Å². The molecule has 1 aliphatic rings. The highest BCUT2D eigenvalue weighted by atomic mass is 19.4. The number of anilines is 1. The van der Waals surface area contributed by atoms with Crippen molar-refractivity contribution >= 4 is 28.5 Å². The summed E-state index contributed by atoms with van der Waals surface area (Å²) in [5.41, 5.74) is 1.19. The third-order valence-electron chi connectivity index (χ3n) is 6.41. The summed E-state index contributed by atoms with van der Waals surface area (Å²) in [5, 5.41) is 9.55. The lowest BCUT2D eigenvalue weighted by Gasteiger charge is -2.26. The molecule has 0 radical (unpaired) electrons. The topological polar surface area (TPSA) is 92.6 Å². The predicted octanol–water partition coefficient (Wildman–Crippen LogP) is 5.63. The second kappa shape index (κ2) is 12.0. The number of hydrogen-bond donors (Lipinski definition) is 3. The maximum atomic E-state index is 13.0. The van der Waals surface area contributed by atoms with Gasteiger partial charge in [-0.15, -0.1) is 13.2 Å². The van der Waals surface area contributed by atoms with E-state index in [0.717, 1.165) is 31.1 Å². The molecule has 0 saturated heterocycles. The molecule has 1 aliphatic carbocycles. The molecular weight excluding hydrogens is 487 g/mol. The Morgan fingerprint density at radius 2 is 1.73 bits per heavy atom. The molecule has 2 amide bonds. The summed E-state index contributed by atoms with van der Waals surface area (Å²) in [7, 11) is 0. The number of hydrogen-bond acceptors (Lipinski definition) is 5. The fraction of sp³-hybridized carbons (Fsp3) is 0.407. The lowest BCUT2D eigenvalue weighted by atomic mass is 9.84. The first-order valence-electron chi connectivity index (χ1n) is 12.4. The zero-order valence-corrected chi connectivity index (χ0v) is 20.3. The van der Waals surface area contributed by atoms with Crippen molar-refractivity contribution in [2.45, 2.75) is 50.9 Å². The summed E-state index contributed by atoms with van der Waals surface area (Å²) in [6, 6.07) is 13.6. The molecule has 1 aromatic heterocycles. The van der Waals surface area contributed by atoms with E-state index in [2.05, 4.69) is 20.7 Å². The molecule has 1 fully saturated rings. The summed E-state index contributed by atoms with van der Waals surface area (Å²) in [4.78, 5) is 26.0. The van der Waals surface area contributed by atoms with Crippen LogP contribution in [0, 0.1) is 5.92 Å². The number of fused-ring (bicyclic) bond motifs is 1. The van der Waals surface area contributed by atoms with Crippen LogP contribution < -0.4 is 20.7 Å². The normalized spacial score (nSPS) is 15.2. The van der Waals surface area contributed by atoms with Gasteiger partial charge in [0.25, 0.3) is 5.91 Å². The van der Waals surface area contributed by atoms with Crippen LogP contribution >= 0.6 is 0 Å². The number of halogens is 3. The van der Waals surface area contributed by atoms with Gasteiger partial charge in [0.05, 0.1) is 0 Å². The van der Waals surface area contributed by atoms with Crippen molar-refractivity contribution in [2.24, 2.45) is 5.92 Å². The molecule has 1 heterocycles. The fourth-order valence-electron chi connectivity index (χ4n) is 4.60. The van der Waals surface area contributed by atoms with Gasteiger partial charge in [-0.2, -0.15) is 0 Å². The molecule has 1 saturated carbocycles. The number of alkyl halides is 3. The molecule has 10 heteroatoms. The number of benzene rings is 2. The molecule has 198 valence electrons. The van der Waals surface area contributed by atoms with Crippen LogP contribution in [-0.4, -0.2) is 37.3 Å². The molecule has 3 aromatic rings. The van der Waals surface area contributed by atoms with Crippen molar-refractivity contribution in [3.63, 3.8) is 0 Å². The summed E-state index contributed by atoms with van der Waals surface area (Å²) in [6.45, 7) is 0.611. The first-order valence-corrected chi connectivity index (χ1v) is 12.4. The summed E-state index contributed by atoms with van der Waals surface area (Å²) in [6.07, 6.45) is 1.28. The summed E-state index contributed by atoms with van der Waals surface area (Å²) in [5.74, 6) is -0.521. The van der Waals surface area contributed by atoms with Gasteiger partial charge in [0.2, 0.25) is 5.91 Å². The number of carbonyl (C=O) groups excluding carboxylic acids is 2. The number of rotatable bonds is 10. The quantitative estimate of drug-likeness (QED) is 0.303. The Balaban J connectivity index is 1.31. The molecule has 7 nitrogen and oxygen atoms in total. The highest BCUT2D eigenvalue weighted by Crippen LogP contribution is 2.28. The minimum Gasteiger partial charge on any atom is -0.451 e. The smallest absolute Gasteiger partial charge is 0.451 e. The van der Waals surface area contributed by atoms with E-state index in [1.165, 1.54) is 30.7 Å². The van der Waals surface area contributed by atoms with E-state index in [1.54, 1.807) is 12.1 Å². The van der Waals surface area contributed by atoms with E-state index in [9.17, 15) is 22.8 Å². The van der Waals surface area contributed by atoms with Gasteiger partial charge in [-0.05, 0) is 48.7 Å². The van der Waals surface area contributed by atoms with Gasteiger partial charge in [0, 0.05) is 24.2 Å². The maximum Gasteiger partial charge on any atom is 0.573 e. The number of furan rings is 1. The molecule has 2 aromatic carbocycles. The third-order valence-corrected chi connectivity index (χ3v) is 6.41. The van der Waals surface area contributed by atoms with Gasteiger partial charge < -0.3 is 25.1 Å². The van der Waals surface area contributed by atoms with Crippen LogP contribution in [0.2, 0.25) is 0 Å². The van der Waals surface area contributed by atoms with Crippen LogP contribution in [0.4, 0.5) is 18.9 Å². The third kappa shape index (κ3) is 7.90. The van der Waals surface area contributed by atoms with Crippen molar-refractivity contribution in [3.8, 4) is 5.75 Å². The average Bonchev–Trinajstić information content (AvgIpc) is 3.31. The predicted molar refractivity (Wildman–Crippen MR) is 133 cm³/mol. The van der Waals surface area contributed by atoms with Crippen molar-refractivity contribution in [1.29, 1.82) is 0 Å². The second-order valence-corrected chi connectivity index (χ2v) is 9.20. The van der Waals surface area contributed by atoms with Crippen molar-refractivity contribution < 1.29 is 31.9 Å². The highest BCUT2D eigenvalue weighted by molar-refractivity contribution is 5.98. The van der Waals surface area contributed by atoms with Gasteiger partial charge in [0.15, 0.2) is 5.76 Å². The maximum absolute atomic E-state index is 13.0. The molecule has 0 aliphatic heterocycles. The zero-order chi connectivity index (χ0) is 26.3. The largest absolute Gasteiger partial charge is 0.573 e. The highest BCUT2D eigenvalue weighted by Gasteiger charge is 2.31. The number of carbonyl (C=O) groups is 2. The van der Waals surface area contributed by atoms with Crippen molar-refractivity contribution in [2.75, 3.05) is 18.4 Å². The molecule has 37 heavy (non-hydrogen) atoms. The van der Waals surface area contributed by atoms with Crippen LogP contribution in [0.25, 0.3) is 11.0 Å². The first-order chi connectivity index (χ1) is 17.8. The van der Waals surface area contributed by atoms with Crippen LogP contribution in [0.15, 0.2) is 59.0 Å². The minimum absolute atomic E-state index is 0.155. The molecule has 0 unspecified atom stereocenters. The van der Waals surface area contributed by atoms with Crippen molar-refractivity contribution in [1.82, 2.24) is 10.6 Å². The fourth-order valence-corrected chi connectivity index (χ4v) is 4.60. The Morgan fingerprint density at radius 1 is 1.00 bits per heavy atom. The van der Waals surface area contributed by atoms with Crippen molar-refractivity contribution in [3.05, 3.63) is 60.4 Å². The van der Waals surface area contributed by atoms with Crippen LogP contribution in [0.3, 0.4) is 0 Å². The summed E-state index contributed by atoms with van der Waals surface area (Å²) >= 11 is 0. The zero-order valence-electron chi connectivity index (χ0n) is 20.3. The molecule has 3 N–H and O–H groups in total. The molecule has 4 rings (SSSR count). The van der Waals surface area contributed by atoms with Gasteiger partial charge in [0.1, 0.15) is 17.4 Å². The second-order valence-electron chi connectivity index (χ2n) is 9.20. The van der Waals surface area contributed by atoms with E-state index >= 15 is 0 Å². The monoisotopic (exact) mass is 517 g/mol. The number of ether oxygens (including phenoxy) is 1. The minimum atomic E-state index is -4.74. The van der Waals surface area contributed by atoms with Crippen LogP contribution in [-0.2, 0) is 4.79 Å².